The first-order valence-corrected chi connectivity index (χ1v) is 8.80. The van der Waals surface area contributed by atoms with Gasteiger partial charge < -0.3 is 0 Å². The molecule has 0 amide bonds. The molecular formula is C16H18O2S2. The molecule has 0 aliphatic carbocycles. The summed E-state index contributed by atoms with van der Waals surface area (Å²) in [5.41, 5.74) is 2.24. The molecule has 20 heavy (non-hydrogen) atoms. The predicted octanol–water partition coefficient (Wildman–Crippen LogP) is 4.14. The summed E-state index contributed by atoms with van der Waals surface area (Å²) in [6, 6.07) is 9.68. The smallest absolute Gasteiger partial charge is 0.172 e. The Morgan fingerprint density at radius 1 is 1.25 bits per heavy atom. The highest BCUT2D eigenvalue weighted by atomic mass is 32.2. The molecule has 1 aromatic carbocycles. The van der Waals surface area contributed by atoms with Crippen LogP contribution in [0.2, 0.25) is 0 Å². The van der Waals surface area contributed by atoms with Gasteiger partial charge in [0, 0.05) is 17.1 Å². The second kappa shape index (κ2) is 6.95. The molecule has 0 fully saturated rings. The van der Waals surface area contributed by atoms with Gasteiger partial charge in [-0.15, -0.1) is 11.3 Å². The Bertz CT molecular complexity index is 615. The number of rotatable bonds is 6. The van der Waals surface area contributed by atoms with E-state index in [0.717, 1.165) is 15.3 Å². The lowest BCUT2D eigenvalue weighted by molar-refractivity contribution is 0.0986. The second-order valence-electron chi connectivity index (χ2n) is 4.82. The zero-order valence-corrected chi connectivity index (χ0v) is 13.4. The van der Waals surface area contributed by atoms with E-state index in [-0.39, 0.29) is 5.78 Å². The van der Waals surface area contributed by atoms with Crippen molar-refractivity contribution in [2.24, 2.45) is 0 Å². The van der Waals surface area contributed by atoms with Crippen molar-refractivity contribution in [3.63, 3.8) is 0 Å². The molecule has 1 heterocycles. The SMILES string of the molecule is Cc1ccc(S(=O)CCCC(=O)c2cccs2)c(C)c1. The Labute approximate surface area is 126 Å². The van der Waals surface area contributed by atoms with E-state index in [2.05, 4.69) is 0 Å². The zero-order chi connectivity index (χ0) is 14.5. The van der Waals surface area contributed by atoms with Crippen molar-refractivity contribution >= 4 is 27.9 Å². The third kappa shape index (κ3) is 3.87. The van der Waals surface area contributed by atoms with Gasteiger partial charge in [-0.2, -0.15) is 0 Å². The van der Waals surface area contributed by atoms with E-state index in [1.165, 1.54) is 16.9 Å². The van der Waals surface area contributed by atoms with Gasteiger partial charge in [0.05, 0.1) is 15.7 Å². The van der Waals surface area contributed by atoms with Crippen LogP contribution < -0.4 is 0 Å². The van der Waals surface area contributed by atoms with Crippen LogP contribution in [-0.2, 0) is 10.8 Å². The summed E-state index contributed by atoms with van der Waals surface area (Å²) in [4.78, 5) is 13.5. The number of hydrogen-bond acceptors (Lipinski definition) is 3. The number of carbonyl (C=O) groups is 1. The van der Waals surface area contributed by atoms with E-state index in [1.807, 2.05) is 49.6 Å². The van der Waals surface area contributed by atoms with E-state index in [1.54, 1.807) is 0 Å². The van der Waals surface area contributed by atoms with Crippen molar-refractivity contribution in [1.82, 2.24) is 0 Å². The average Bonchev–Trinajstić information content (AvgIpc) is 2.92. The van der Waals surface area contributed by atoms with Gasteiger partial charge in [-0.1, -0.05) is 23.8 Å². The maximum absolute atomic E-state index is 12.2. The van der Waals surface area contributed by atoms with Gasteiger partial charge >= 0.3 is 0 Å². The summed E-state index contributed by atoms with van der Waals surface area (Å²) in [5.74, 6) is 0.693. The Kier molecular flexibility index (Phi) is 5.26. The summed E-state index contributed by atoms with van der Waals surface area (Å²) in [7, 11) is -1.02. The molecule has 0 radical (unpaired) electrons. The summed E-state index contributed by atoms with van der Waals surface area (Å²) in [6.07, 6.45) is 1.13. The molecule has 0 saturated heterocycles. The van der Waals surface area contributed by atoms with Crippen molar-refractivity contribution in [3.8, 4) is 0 Å². The minimum atomic E-state index is -1.02. The molecular weight excluding hydrogens is 288 g/mol. The lowest BCUT2D eigenvalue weighted by atomic mass is 10.2. The highest BCUT2D eigenvalue weighted by Crippen LogP contribution is 2.17. The first kappa shape index (κ1) is 15.1. The summed E-state index contributed by atoms with van der Waals surface area (Å²) in [5, 5.41) is 1.90. The lowest BCUT2D eigenvalue weighted by Crippen LogP contribution is -2.04. The van der Waals surface area contributed by atoms with E-state index in [0.29, 0.717) is 18.6 Å². The molecule has 2 rings (SSSR count). The van der Waals surface area contributed by atoms with Crippen LogP contribution in [0.25, 0.3) is 0 Å². The van der Waals surface area contributed by atoms with Crippen LogP contribution in [-0.4, -0.2) is 15.7 Å². The number of Topliss-reactive ketones (excluding diaryl/α,β-unsaturated/α-hetero) is 1. The Hall–Kier alpha value is -1.26. The second-order valence-corrected chi connectivity index (χ2v) is 7.31. The number of benzene rings is 1. The van der Waals surface area contributed by atoms with Gasteiger partial charge in [-0.3, -0.25) is 9.00 Å². The van der Waals surface area contributed by atoms with E-state index < -0.39 is 10.8 Å². The minimum absolute atomic E-state index is 0.151. The van der Waals surface area contributed by atoms with Crippen molar-refractivity contribution in [1.29, 1.82) is 0 Å². The topological polar surface area (TPSA) is 34.1 Å². The standard InChI is InChI=1S/C16H18O2S2/c1-12-7-8-16(13(2)11-12)20(18)10-4-5-14(17)15-6-3-9-19-15/h3,6-9,11H,4-5,10H2,1-2H3. The highest BCUT2D eigenvalue weighted by Gasteiger charge is 2.10. The molecule has 0 aliphatic rings. The molecule has 106 valence electrons. The molecule has 4 heteroatoms. The van der Waals surface area contributed by atoms with Crippen LogP contribution in [0.1, 0.15) is 33.6 Å². The first-order chi connectivity index (χ1) is 9.58. The number of aryl methyl sites for hydroxylation is 2. The van der Waals surface area contributed by atoms with Crippen LogP contribution in [0.15, 0.2) is 40.6 Å². The van der Waals surface area contributed by atoms with Crippen molar-refractivity contribution in [2.75, 3.05) is 5.75 Å². The molecule has 0 aliphatic heterocycles. The molecule has 2 aromatic rings. The van der Waals surface area contributed by atoms with Gasteiger partial charge in [-0.25, -0.2) is 0 Å². The summed E-state index contributed by atoms with van der Waals surface area (Å²) in [6.45, 7) is 4.01. The number of hydrogen-bond donors (Lipinski definition) is 0. The lowest BCUT2D eigenvalue weighted by Gasteiger charge is -2.06. The summed E-state index contributed by atoms with van der Waals surface area (Å²) >= 11 is 1.46. The molecule has 1 aromatic heterocycles. The average molecular weight is 306 g/mol. The van der Waals surface area contributed by atoms with Crippen LogP contribution in [0.5, 0.6) is 0 Å². The van der Waals surface area contributed by atoms with Crippen LogP contribution in [0.3, 0.4) is 0 Å². The van der Waals surface area contributed by atoms with Gasteiger partial charge in [0.2, 0.25) is 0 Å². The van der Waals surface area contributed by atoms with Gasteiger partial charge in [0.15, 0.2) is 5.78 Å². The molecule has 0 saturated carbocycles. The fourth-order valence-corrected chi connectivity index (χ4v) is 4.05. The van der Waals surface area contributed by atoms with Crippen molar-refractivity contribution in [2.45, 2.75) is 31.6 Å². The van der Waals surface area contributed by atoms with Crippen molar-refractivity contribution < 1.29 is 9.00 Å². The van der Waals surface area contributed by atoms with Crippen molar-refractivity contribution in [3.05, 3.63) is 51.7 Å². The van der Waals surface area contributed by atoms with E-state index in [4.69, 9.17) is 0 Å². The zero-order valence-electron chi connectivity index (χ0n) is 11.7. The van der Waals surface area contributed by atoms with Gasteiger partial charge in [0.1, 0.15) is 0 Å². The summed E-state index contributed by atoms with van der Waals surface area (Å²) < 4.78 is 12.2. The maximum atomic E-state index is 12.2. The first-order valence-electron chi connectivity index (χ1n) is 6.60. The van der Waals surface area contributed by atoms with Crippen LogP contribution >= 0.6 is 11.3 Å². The molecule has 1 unspecified atom stereocenters. The highest BCUT2D eigenvalue weighted by molar-refractivity contribution is 7.85. The monoisotopic (exact) mass is 306 g/mol. The fourth-order valence-electron chi connectivity index (χ4n) is 2.09. The number of carbonyl (C=O) groups excluding carboxylic acids is 1. The Morgan fingerprint density at radius 3 is 2.70 bits per heavy atom. The van der Waals surface area contributed by atoms with Crippen LogP contribution in [0, 0.1) is 13.8 Å². The van der Waals surface area contributed by atoms with E-state index >= 15 is 0 Å². The number of thiophene rings is 1. The minimum Gasteiger partial charge on any atom is -0.293 e. The largest absolute Gasteiger partial charge is 0.293 e. The molecule has 0 spiro atoms. The molecule has 2 nitrogen and oxygen atoms in total. The maximum Gasteiger partial charge on any atom is 0.172 e. The fraction of sp³-hybridized carbons (Fsp3) is 0.312. The van der Waals surface area contributed by atoms with Gasteiger partial charge in [-0.05, 0) is 43.3 Å². The molecule has 1 atom stereocenters. The normalized spacial score (nSPS) is 12.3. The third-order valence-corrected chi connectivity index (χ3v) is 5.62. The Morgan fingerprint density at radius 2 is 2.05 bits per heavy atom. The molecule has 0 bridgehead atoms. The van der Waals surface area contributed by atoms with Crippen LogP contribution in [0.4, 0.5) is 0 Å². The predicted molar refractivity (Wildman–Crippen MR) is 85.1 cm³/mol. The Balaban J connectivity index is 1.88. The van der Waals surface area contributed by atoms with E-state index in [9.17, 15) is 9.00 Å². The third-order valence-electron chi connectivity index (χ3n) is 3.11. The van der Waals surface area contributed by atoms with Gasteiger partial charge in [0.25, 0.3) is 0 Å². The quantitative estimate of drug-likeness (QED) is 0.752. The number of ketones is 1. The molecule has 0 N–H and O–H groups in total.